The average Bonchev–Trinajstić information content (AvgIpc) is 2.95. The number of rotatable bonds is 5. The molecule has 4 nitrogen and oxygen atoms in total. The second-order valence-electron chi connectivity index (χ2n) is 4.79. The Kier molecular flexibility index (Phi) is 4.55. The highest BCUT2D eigenvalue weighted by Crippen LogP contribution is 2.26. The third-order valence-electron chi connectivity index (χ3n) is 3.28. The highest BCUT2D eigenvalue weighted by molar-refractivity contribution is 7.98. The van der Waals surface area contributed by atoms with E-state index in [1.165, 1.54) is 5.56 Å². The van der Waals surface area contributed by atoms with Gasteiger partial charge in [-0.15, -0.1) is 0 Å². The fourth-order valence-corrected chi connectivity index (χ4v) is 3.83. The molecule has 3 rings (SSSR count). The van der Waals surface area contributed by atoms with E-state index < -0.39 is 0 Å². The molecule has 1 aliphatic rings. The molecular weight excluding hydrogens is 302 g/mol. The lowest BCUT2D eigenvalue weighted by molar-refractivity contribution is 1.03. The SMILES string of the molecule is CCSCc1ccc(Nc2nc3c(c(=O)[nH]2)CSC3)cc1. The molecule has 0 spiro atoms. The topological polar surface area (TPSA) is 57.8 Å². The van der Waals surface area contributed by atoms with Gasteiger partial charge in [0.05, 0.1) is 5.69 Å². The van der Waals surface area contributed by atoms with Gasteiger partial charge >= 0.3 is 0 Å². The highest BCUT2D eigenvalue weighted by Gasteiger charge is 2.17. The summed E-state index contributed by atoms with van der Waals surface area (Å²) in [4.78, 5) is 19.2. The van der Waals surface area contributed by atoms with E-state index in [9.17, 15) is 4.79 Å². The van der Waals surface area contributed by atoms with E-state index in [-0.39, 0.29) is 5.56 Å². The summed E-state index contributed by atoms with van der Waals surface area (Å²) < 4.78 is 0. The minimum atomic E-state index is -0.0246. The van der Waals surface area contributed by atoms with Crippen molar-refractivity contribution in [3.05, 3.63) is 51.4 Å². The fraction of sp³-hybridized carbons (Fsp3) is 0.333. The lowest BCUT2D eigenvalue weighted by Crippen LogP contribution is -2.16. The monoisotopic (exact) mass is 319 g/mol. The van der Waals surface area contributed by atoms with Crippen molar-refractivity contribution in [2.45, 2.75) is 24.2 Å². The normalized spacial score (nSPS) is 13.2. The first-order valence-corrected chi connectivity index (χ1v) is 9.20. The van der Waals surface area contributed by atoms with Crippen LogP contribution in [0.25, 0.3) is 0 Å². The molecule has 2 heterocycles. The van der Waals surface area contributed by atoms with Gasteiger partial charge in [-0.05, 0) is 23.4 Å². The number of benzene rings is 1. The molecule has 0 atom stereocenters. The van der Waals surface area contributed by atoms with Crippen LogP contribution >= 0.6 is 23.5 Å². The zero-order chi connectivity index (χ0) is 14.7. The van der Waals surface area contributed by atoms with Crippen LogP contribution in [0.1, 0.15) is 23.7 Å². The Bertz CT molecular complexity index is 682. The van der Waals surface area contributed by atoms with E-state index in [0.717, 1.165) is 40.0 Å². The molecule has 1 aliphatic heterocycles. The summed E-state index contributed by atoms with van der Waals surface area (Å²) in [5.74, 6) is 4.26. The second kappa shape index (κ2) is 6.58. The van der Waals surface area contributed by atoms with Gasteiger partial charge in [0.2, 0.25) is 5.95 Å². The number of nitrogens with one attached hydrogen (secondary N) is 2. The summed E-state index contributed by atoms with van der Waals surface area (Å²) in [5.41, 5.74) is 3.94. The number of anilines is 2. The summed E-state index contributed by atoms with van der Waals surface area (Å²) in [6, 6.07) is 8.25. The number of fused-ring (bicyclic) bond motifs is 1. The predicted molar refractivity (Wildman–Crippen MR) is 91.4 cm³/mol. The van der Waals surface area contributed by atoms with Crippen molar-refractivity contribution in [2.24, 2.45) is 0 Å². The Labute approximate surface area is 132 Å². The number of thioether (sulfide) groups is 2. The molecule has 2 N–H and O–H groups in total. The second-order valence-corrected chi connectivity index (χ2v) is 7.05. The molecule has 0 fully saturated rings. The van der Waals surface area contributed by atoms with Crippen LogP contribution in [-0.2, 0) is 17.3 Å². The molecule has 21 heavy (non-hydrogen) atoms. The van der Waals surface area contributed by atoms with Crippen LogP contribution in [0, 0.1) is 0 Å². The Hall–Kier alpha value is -1.40. The molecule has 0 saturated heterocycles. The van der Waals surface area contributed by atoms with Crippen LogP contribution in [0.15, 0.2) is 29.1 Å². The van der Waals surface area contributed by atoms with Gasteiger partial charge in [0.1, 0.15) is 0 Å². The van der Waals surface area contributed by atoms with Crippen molar-refractivity contribution in [3.8, 4) is 0 Å². The Morgan fingerprint density at radius 3 is 2.90 bits per heavy atom. The van der Waals surface area contributed by atoms with E-state index in [1.54, 1.807) is 11.8 Å². The molecule has 1 aromatic carbocycles. The Morgan fingerprint density at radius 1 is 1.33 bits per heavy atom. The van der Waals surface area contributed by atoms with Crippen LogP contribution in [-0.4, -0.2) is 15.7 Å². The van der Waals surface area contributed by atoms with Gasteiger partial charge in [-0.25, -0.2) is 4.98 Å². The van der Waals surface area contributed by atoms with Crippen LogP contribution in [0.5, 0.6) is 0 Å². The van der Waals surface area contributed by atoms with Crippen LogP contribution < -0.4 is 10.9 Å². The number of nitrogens with zero attached hydrogens (tertiary/aromatic N) is 1. The molecule has 0 saturated carbocycles. The minimum absolute atomic E-state index is 0.0246. The van der Waals surface area contributed by atoms with Gasteiger partial charge in [-0.3, -0.25) is 9.78 Å². The molecule has 0 bridgehead atoms. The zero-order valence-electron chi connectivity index (χ0n) is 11.8. The van der Waals surface area contributed by atoms with Crippen molar-refractivity contribution in [3.63, 3.8) is 0 Å². The van der Waals surface area contributed by atoms with Gasteiger partial charge in [-0.2, -0.15) is 23.5 Å². The van der Waals surface area contributed by atoms with Crippen molar-refractivity contribution < 1.29 is 0 Å². The van der Waals surface area contributed by atoms with Crippen molar-refractivity contribution >= 4 is 35.2 Å². The van der Waals surface area contributed by atoms with Gasteiger partial charge in [0, 0.05) is 28.5 Å². The maximum Gasteiger partial charge on any atom is 0.256 e. The number of H-pyrrole nitrogens is 1. The van der Waals surface area contributed by atoms with E-state index in [2.05, 4.69) is 34.3 Å². The van der Waals surface area contributed by atoms with Crippen molar-refractivity contribution in [1.82, 2.24) is 9.97 Å². The third-order valence-corrected chi connectivity index (χ3v) is 5.19. The van der Waals surface area contributed by atoms with Gasteiger partial charge in [-0.1, -0.05) is 19.1 Å². The standard InChI is InChI=1S/C15H17N3OS2/c1-2-20-7-10-3-5-11(6-4-10)16-15-17-13-9-21-8-12(13)14(19)18-15/h3-6H,2,7-9H2,1H3,(H2,16,17,18,19). The number of aromatic nitrogens is 2. The third kappa shape index (κ3) is 3.44. The van der Waals surface area contributed by atoms with Crippen LogP contribution in [0.3, 0.4) is 0 Å². The molecule has 0 amide bonds. The van der Waals surface area contributed by atoms with Crippen molar-refractivity contribution in [2.75, 3.05) is 11.1 Å². The molecule has 1 aromatic heterocycles. The van der Waals surface area contributed by atoms with Gasteiger partial charge in [0.25, 0.3) is 5.56 Å². The summed E-state index contributed by atoms with van der Waals surface area (Å²) in [6.07, 6.45) is 0. The van der Waals surface area contributed by atoms with E-state index in [1.807, 2.05) is 23.9 Å². The summed E-state index contributed by atoms with van der Waals surface area (Å²) >= 11 is 3.63. The average molecular weight is 319 g/mol. The van der Waals surface area contributed by atoms with Crippen LogP contribution in [0.4, 0.5) is 11.6 Å². The molecule has 0 radical (unpaired) electrons. The molecule has 0 unspecified atom stereocenters. The Morgan fingerprint density at radius 2 is 2.14 bits per heavy atom. The first kappa shape index (κ1) is 14.5. The van der Waals surface area contributed by atoms with Crippen LogP contribution in [0.2, 0.25) is 0 Å². The maximum absolute atomic E-state index is 11.9. The summed E-state index contributed by atoms with van der Waals surface area (Å²) in [7, 11) is 0. The number of hydrogen-bond acceptors (Lipinski definition) is 5. The lowest BCUT2D eigenvalue weighted by Gasteiger charge is -2.08. The lowest BCUT2D eigenvalue weighted by atomic mass is 10.2. The minimum Gasteiger partial charge on any atom is -0.326 e. The van der Waals surface area contributed by atoms with E-state index in [0.29, 0.717) is 5.95 Å². The summed E-state index contributed by atoms with van der Waals surface area (Å²) in [6.45, 7) is 2.16. The predicted octanol–water partition coefficient (Wildman–Crippen LogP) is 3.51. The Balaban J connectivity index is 1.75. The molecule has 2 aromatic rings. The largest absolute Gasteiger partial charge is 0.326 e. The first-order chi connectivity index (χ1) is 10.3. The molecule has 0 aliphatic carbocycles. The molecule has 6 heteroatoms. The number of hydrogen-bond donors (Lipinski definition) is 2. The quantitative estimate of drug-likeness (QED) is 0.883. The number of aromatic amines is 1. The van der Waals surface area contributed by atoms with Gasteiger partial charge < -0.3 is 5.32 Å². The van der Waals surface area contributed by atoms with Gasteiger partial charge in [0.15, 0.2) is 0 Å². The fourth-order valence-electron chi connectivity index (χ4n) is 2.16. The van der Waals surface area contributed by atoms with Crippen molar-refractivity contribution in [1.29, 1.82) is 0 Å². The zero-order valence-corrected chi connectivity index (χ0v) is 13.4. The molecular formula is C15H17N3OS2. The van der Waals surface area contributed by atoms with E-state index >= 15 is 0 Å². The first-order valence-electron chi connectivity index (χ1n) is 6.90. The summed E-state index contributed by atoms with van der Waals surface area (Å²) in [5, 5.41) is 3.18. The maximum atomic E-state index is 11.9. The van der Waals surface area contributed by atoms with E-state index in [4.69, 9.17) is 0 Å². The smallest absolute Gasteiger partial charge is 0.256 e. The molecule has 110 valence electrons. The highest BCUT2D eigenvalue weighted by atomic mass is 32.2.